The van der Waals surface area contributed by atoms with Crippen LogP contribution in [0.1, 0.15) is 34.1 Å². The Labute approximate surface area is 90.8 Å². The Bertz CT molecular complexity index is 208. The molecule has 0 spiro atoms. The molecule has 82 valence electrons. The SMILES string of the molecule is CC1OCCC1SCC(=O)C(C)(C)C. The van der Waals surface area contributed by atoms with Crippen LogP contribution in [0.15, 0.2) is 0 Å². The minimum Gasteiger partial charge on any atom is -0.377 e. The molecule has 1 aliphatic heterocycles. The Morgan fingerprint density at radius 3 is 2.57 bits per heavy atom. The predicted octanol–water partition coefficient (Wildman–Crippen LogP) is 2.51. The van der Waals surface area contributed by atoms with Gasteiger partial charge in [-0.3, -0.25) is 4.79 Å². The zero-order valence-corrected chi connectivity index (χ0v) is 10.3. The van der Waals surface area contributed by atoms with Crippen molar-refractivity contribution in [2.45, 2.75) is 45.5 Å². The van der Waals surface area contributed by atoms with E-state index in [1.165, 1.54) is 0 Å². The Hall–Kier alpha value is -0.0200. The lowest BCUT2D eigenvalue weighted by molar-refractivity contribution is -0.123. The highest BCUT2D eigenvalue weighted by Crippen LogP contribution is 2.28. The van der Waals surface area contributed by atoms with Gasteiger partial charge in [0, 0.05) is 17.3 Å². The molecule has 0 aromatic heterocycles. The number of Topliss-reactive ketones (excluding diaryl/α,β-unsaturated/α-hetero) is 1. The first-order chi connectivity index (χ1) is 6.41. The van der Waals surface area contributed by atoms with Crippen molar-refractivity contribution in [3.05, 3.63) is 0 Å². The standard InChI is InChI=1S/C11H20O2S/c1-8-9(5-6-13-8)14-7-10(12)11(2,3)4/h8-9H,5-7H2,1-4H3. The number of carbonyl (C=O) groups is 1. The van der Waals surface area contributed by atoms with Crippen molar-refractivity contribution in [1.82, 2.24) is 0 Å². The summed E-state index contributed by atoms with van der Waals surface area (Å²) in [5, 5.41) is 0.515. The van der Waals surface area contributed by atoms with Crippen molar-refractivity contribution in [1.29, 1.82) is 0 Å². The second-order valence-electron chi connectivity index (χ2n) is 4.89. The van der Waals surface area contributed by atoms with E-state index in [9.17, 15) is 4.79 Å². The molecule has 0 aromatic rings. The summed E-state index contributed by atoms with van der Waals surface area (Å²) in [5.41, 5.74) is -0.199. The van der Waals surface area contributed by atoms with Crippen molar-refractivity contribution >= 4 is 17.5 Å². The quantitative estimate of drug-likeness (QED) is 0.725. The normalized spacial score (nSPS) is 28.0. The van der Waals surface area contributed by atoms with Gasteiger partial charge in [0.1, 0.15) is 5.78 Å². The van der Waals surface area contributed by atoms with E-state index in [2.05, 4.69) is 6.92 Å². The van der Waals surface area contributed by atoms with Gasteiger partial charge >= 0.3 is 0 Å². The van der Waals surface area contributed by atoms with Crippen LogP contribution in [0.2, 0.25) is 0 Å². The molecule has 0 N–H and O–H groups in total. The molecule has 14 heavy (non-hydrogen) atoms. The van der Waals surface area contributed by atoms with Gasteiger partial charge in [-0.05, 0) is 13.3 Å². The summed E-state index contributed by atoms with van der Waals surface area (Å²) in [7, 11) is 0. The Balaban J connectivity index is 2.30. The summed E-state index contributed by atoms with van der Waals surface area (Å²) in [6.45, 7) is 8.87. The summed E-state index contributed by atoms with van der Waals surface area (Å²) in [6.07, 6.45) is 1.40. The largest absolute Gasteiger partial charge is 0.377 e. The molecular weight excluding hydrogens is 196 g/mol. The second-order valence-corrected chi connectivity index (χ2v) is 6.11. The average molecular weight is 216 g/mol. The molecule has 0 aromatic carbocycles. The average Bonchev–Trinajstić information content (AvgIpc) is 2.45. The van der Waals surface area contributed by atoms with Crippen LogP contribution in [0, 0.1) is 5.41 Å². The third-order valence-corrected chi connectivity index (χ3v) is 4.05. The summed E-state index contributed by atoms with van der Waals surface area (Å²) in [4.78, 5) is 11.7. The molecule has 1 fully saturated rings. The fraction of sp³-hybridized carbons (Fsp3) is 0.909. The fourth-order valence-corrected chi connectivity index (χ4v) is 2.74. The van der Waals surface area contributed by atoms with Crippen LogP contribution in [0.25, 0.3) is 0 Å². The van der Waals surface area contributed by atoms with E-state index in [1.807, 2.05) is 20.8 Å². The monoisotopic (exact) mass is 216 g/mol. The number of carbonyl (C=O) groups excluding carboxylic acids is 1. The van der Waals surface area contributed by atoms with E-state index in [0.29, 0.717) is 22.9 Å². The van der Waals surface area contributed by atoms with Crippen LogP contribution in [-0.4, -0.2) is 29.5 Å². The van der Waals surface area contributed by atoms with E-state index in [1.54, 1.807) is 11.8 Å². The first-order valence-corrected chi connectivity index (χ1v) is 6.22. The van der Waals surface area contributed by atoms with Crippen molar-refractivity contribution in [3.63, 3.8) is 0 Å². The van der Waals surface area contributed by atoms with E-state index in [0.717, 1.165) is 13.0 Å². The Morgan fingerprint density at radius 2 is 2.14 bits per heavy atom. The maximum absolute atomic E-state index is 11.7. The Kier molecular flexibility index (Phi) is 4.02. The highest BCUT2D eigenvalue weighted by molar-refractivity contribution is 8.00. The first kappa shape index (κ1) is 12.1. The lowest BCUT2D eigenvalue weighted by Crippen LogP contribution is -2.24. The molecule has 0 bridgehead atoms. The molecule has 3 heteroatoms. The van der Waals surface area contributed by atoms with Crippen LogP contribution in [0.4, 0.5) is 0 Å². The van der Waals surface area contributed by atoms with Gasteiger partial charge < -0.3 is 4.74 Å². The van der Waals surface area contributed by atoms with Crippen molar-refractivity contribution in [2.75, 3.05) is 12.4 Å². The molecule has 1 saturated heterocycles. The summed E-state index contributed by atoms with van der Waals surface area (Å²) < 4.78 is 5.45. The fourth-order valence-electron chi connectivity index (χ4n) is 1.33. The zero-order chi connectivity index (χ0) is 10.8. The minimum atomic E-state index is -0.199. The second kappa shape index (κ2) is 4.67. The molecule has 2 nitrogen and oxygen atoms in total. The molecule has 1 aliphatic rings. The maximum atomic E-state index is 11.7. The number of hydrogen-bond acceptors (Lipinski definition) is 3. The van der Waals surface area contributed by atoms with Gasteiger partial charge in [-0.25, -0.2) is 0 Å². The lowest BCUT2D eigenvalue weighted by Gasteiger charge is -2.18. The van der Waals surface area contributed by atoms with E-state index in [-0.39, 0.29) is 5.41 Å². The van der Waals surface area contributed by atoms with Gasteiger partial charge in [0.15, 0.2) is 0 Å². The third-order valence-electron chi connectivity index (χ3n) is 2.57. The molecule has 0 radical (unpaired) electrons. The third kappa shape index (κ3) is 3.28. The van der Waals surface area contributed by atoms with Gasteiger partial charge in [0.2, 0.25) is 0 Å². The molecule has 0 aliphatic carbocycles. The minimum absolute atomic E-state index is 0.199. The zero-order valence-electron chi connectivity index (χ0n) is 9.50. The number of ether oxygens (including phenoxy) is 1. The van der Waals surface area contributed by atoms with Crippen molar-refractivity contribution in [2.24, 2.45) is 5.41 Å². The van der Waals surface area contributed by atoms with Crippen LogP contribution in [0.5, 0.6) is 0 Å². The van der Waals surface area contributed by atoms with Gasteiger partial charge in [0.25, 0.3) is 0 Å². The summed E-state index contributed by atoms with van der Waals surface area (Å²) in [5.74, 6) is 0.962. The van der Waals surface area contributed by atoms with E-state index in [4.69, 9.17) is 4.74 Å². The lowest BCUT2D eigenvalue weighted by atomic mass is 9.92. The molecule has 1 rings (SSSR count). The number of thioether (sulfide) groups is 1. The van der Waals surface area contributed by atoms with Gasteiger partial charge in [0.05, 0.1) is 11.9 Å². The van der Waals surface area contributed by atoms with E-state index >= 15 is 0 Å². The van der Waals surface area contributed by atoms with Crippen LogP contribution >= 0.6 is 11.8 Å². The molecule has 2 atom stereocenters. The number of ketones is 1. The van der Waals surface area contributed by atoms with E-state index < -0.39 is 0 Å². The van der Waals surface area contributed by atoms with Crippen molar-refractivity contribution < 1.29 is 9.53 Å². The summed E-state index contributed by atoms with van der Waals surface area (Å²) >= 11 is 1.75. The topological polar surface area (TPSA) is 26.3 Å². The van der Waals surface area contributed by atoms with Gasteiger partial charge in [-0.15, -0.1) is 11.8 Å². The maximum Gasteiger partial charge on any atom is 0.148 e. The smallest absolute Gasteiger partial charge is 0.148 e. The number of rotatable bonds is 3. The van der Waals surface area contributed by atoms with Crippen LogP contribution in [0.3, 0.4) is 0 Å². The van der Waals surface area contributed by atoms with Gasteiger partial charge in [-0.2, -0.15) is 0 Å². The van der Waals surface area contributed by atoms with Gasteiger partial charge in [-0.1, -0.05) is 20.8 Å². The summed E-state index contributed by atoms with van der Waals surface area (Å²) in [6, 6.07) is 0. The van der Waals surface area contributed by atoms with Crippen LogP contribution < -0.4 is 0 Å². The molecule has 0 amide bonds. The molecule has 1 heterocycles. The molecular formula is C11H20O2S. The van der Waals surface area contributed by atoms with Crippen LogP contribution in [-0.2, 0) is 9.53 Å². The molecule has 2 unspecified atom stereocenters. The van der Waals surface area contributed by atoms with Crippen molar-refractivity contribution in [3.8, 4) is 0 Å². The molecule has 0 saturated carbocycles. The Morgan fingerprint density at radius 1 is 1.50 bits per heavy atom. The number of hydrogen-bond donors (Lipinski definition) is 0. The first-order valence-electron chi connectivity index (χ1n) is 5.18. The highest BCUT2D eigenvalue weighted by Gasteiger charge is 2.27. The predicted molar refractivity (Wildman–Crippen MR) is 60.7 cm³/mol. The highest BCUT2D eigenvalue weighted by atomic mass is 32.2.